The molecule has 6 nitrogen and oxygen atoms in total. The van der Waals surface area contributed by atoms with Crippen LogP contribution in [0.2, 0.25) is 0 Å². The minimum Gasteiger partial charge on any atom is -0.493 e. The zero-order valence-corrected chi connectivity index (χ0v) is 17.5. The molecule has 0 saturated carbocycles. The molecular formula is C20H30N4O2S. The van der Waals surface area contributed by atoms with Crippen LogP contribution in [0, 0.1) is 13.8 Å². The Morgan fingerprint density at radius 1 is 1.22 bits per heavy atom. The molecule has 0 saturated heterocycles. The number of guanidine groups is 1. The maximum absolute atomic E-state index is 5.94. The number of aliphatic imine (C=N–C) groups is 1. The highest BCUT2D eigenvalue weighted by Gasteiger charge is 2.06. The highest BCUT2D eigenvalue weighted by atomic mass is 32.1. The first kappa shape index (κ1) is 21.2. The van der Waals surface area contributed by atoms with E-state index in [1.807, 2.05) is 6.92 Å². The molecule has 0 radical (unpaired) electrons. The second-order valence-corrected chi connectivity index (χ2v) is 7.33. The van der Waals surface area contributed by atoms with E-state index in [4.69, 9.17) is 9.47 Å². The summed E-state index contributed by atoms with van der Waals surface area (Å²) < 4.78 is 11.0. The molecule has 148 valence electrons. The maximum atomic E-state index is 5.94. The van der Waals surface area contributed by atoms with Crippen LogP contribution in [-0.4, -0.2) is 44.9 Å². The van der Waals surface area contributed by atoms with Gasteiger partial charge in [-0.2, -0.15) is 0 Å². The maximum Gasteiger partial charge on any atom is 0.191 e. The number of ether oxygens (including phenoxy) is 2. The number of benzene rings is 1. The minimum absolute atomic E-state index is 0.643. The lowest BCUT2D eigenvalue weighted by Gasteiger charge is -2.15. The van der Waals surface area contributed by atoms with Crippen LogP contribution >= 0.6 is 11.3 Å². The predicted octanol–water partition coefficient (Wildman–Crippen LogP) is 3.08. The normalized spacial score (nSPS) is 11.5. The van der Waals surface area contributed by atoms with Gasteiger partial charge in [-0.3, -0.25) is 4.99 Å². The zero-order chi connectivity index (χ0) is 19.5. The van der Waals surface area contributed by atoms with Crippen LogP contribution in [0.15, 0.2) is 28.6 Å². The smallest absolute Gasteiger partial charge is 0.191 e. The third-order valence-corrected chi connectivity index (χ3v) is 4.81. The molecule has 2 rings (SSSR count). The molecule has 0 atom stereocenters. The summed E-state index contributed by atoms with van der Waals surface area (Å²) in [5.41, 5.74) is 3.41. The molecule has 27 heavy (non-hydrogen) atoms. The number of nitrogens with zero attached hydrogens (tertiary/aromatic N) is 2. The van der Waals surface area contributed by atoms with Crippen molar-refractivity contribution in [2.24, 2.45) is 4.99 Å². The molecule has 0 unspecified atom stereocenters. The van der Waals surface area contributed by atoms with Crippen molar-refractivity contribution in [1.82, 2.24) is 15.6 Å². The summed E-state index contributed by atoms with van der Waals surface area (Å²) >= 11 is 1.68. The molecule has 2 N–H and O–H groups in total. The molecule has 0 bridgehead atoms. The molecule has 1 aromatic heterocycles. The van der Waals surface area contributed by atoms with Crippen LogP contribution in [0.1, 0.15) is 28.2 Å². The van der Waals surface area contributed by atoms with E-state index in [2.05, 4.69) is 51.1 Å². The van der Waals surface area contributed by atoms with Crippen LogP contribution in [-0.2, 0) is 17.7 Å². The molecule has 0 amide bonds. The first-order valence-electron chi connectivity index (χ1n) is 9.19. The topological polar surface area (TPSA) is 67.8 Å². The monoisotopic (exact) mass is 390 g/mol. The highest BCUT2D eigenvalue weighted by molar-refractivity contribution is 7.09. The lowest BCUT2D eigenvalue weighted by molar-refractivity contribution is 0.172. The Balaban J connectivity index is 1.83. The third-order valence-electron chi connectivity index (χ3n) is 3.98. The molecule has 7 heteroatoms. The first-order valence-corrected chi connectivity index (χ1v) is 10.1. The van der Waals surface area contributed by atoms with Crippen molar-refractivity contribution in [1.29, 1.82) is 0 Å². The van der Waals surface area contributed by atoms with Crippen molar-refractivity contribution >= 4 is 17.3 Å². The average Bonchev–Trinajstić information content (AvgIpc) is 3.08. The van der Waals surface area contributed by atoms with Crippen LogP contribution < -0.4 is 15.4 Å². The van der Waals surface area contributed by atoms with Gasteiger partial charge in [0.05, 0.1) is 17.3 Å². The van der Waals surface area contributed by atoms with Gasteiger partial charge in [0.25, 0.3) is 0 Å². The van der Waals surface area contributed by atoms with Crippen molar-refractivity contribution < 1.29 is 9.47 Å². The van der Waals surface area contributed by atoms with E-state index in [1.54, 1.807) is 25.5 Å². The Morgan fingerprint density at radius 3 is 2.78 bits per heavy atom. The quantitative estimate of drug-likeness (QED) is 0.371. The number of hydrogen-bond acceptors (Lipinski definition) is 5. The molecule has 0 spiro atoms. The molecule has 2 aromatic rings. The Morgan fingerprint density at radius 2 is 2.07 bits per heavy atom. The molecule has 1 heterocycles. The van der Waals surface area contributed by atoms with Gasteiger partial charge in [0.1, 0.15) is 5.75 Å². The Labute approximate surface area is 166 Å². The van der Waals surface area contributed by atoms with E-state index in [9.17, 15) is 0 Å². The van der Waals surface area contributed by atoms with E-state index in [1.165, 1.54) is 5.56 Å². The summed E-state index contributed by atoms with van der Waals surface area (Å²) in [5, 5.41) is 9.90. The second kappa shape index (κ2) is 11.6. The van der Waals surface area contributed by atoms with E-state index >= 15 is 0 Å². The SMILES string of the molecule is CN=C(NCCc1csc(C)n1)NCc1ccc(C)cc1OCCCOC. The first-order chi connectivity index (χ1) is 13.1. The summed E-state index contributed by atoms with van der Waals surface area (Å²) in [6.45, 7) is 6.88. The van der Waals surface area contributed by atoms with Gasteiger partial charge in [-0.25, -0.2) is 4.98 Å². The summed E-state index contributed by atoms with van der Waals surface area (Å²) in [7, 11) is 3.48. The number of hydrogen-bond donors (Lipinski definition) is 2. The van der Waals surface area contributed by atoms with Crippen LogP contribution in [0.4, 0.5) is 0 Å². The Hall–Kier alpha value is -2.12. The van der Waals surface area contributed by atoms with Crippen molar-refractivity contribution in [3.05, 3.63) is 45.4 Å². The van der Waals surface area contributed by atoms with Crippen molar-refractivity contribution in [3.63, 3.8) is 0 Å². The van der Waals surface area contributed by atoms with Crippen LogP contribution in [0.3, 0.4) is 0 Å². The average molecular weight is 391 g/mol. The largest absolute Gasteiger partial charge is 0.493 e. The minimum atomic E-state index is 0.643. The molecule has 0 aliphatic rings. The van der Waals surface area contributed by atoms with Crippen molar-refractivity contribution in [3.8, 4) is 5.75 Å². The fourth-order valence-electron chi connectivity index (χ4n) is 2.56. The summed E-state index contributed by atoms with van der Waals surface area (Å²) in [5.74, 6) is 1.68. The number of nitrogens with one attached hydrogen (secondary N) is 2. The number of rotatable bonds is 10. The molecule has 1 aromatic carbocycles. The summed E-state index contributed by atoms with van der Waals surface area (Å²) in [6, 6.07) is 6.27. The van der Waals surface area contributed by atoms with Gasteiger partial charge in [0, 0.05) is 57.6 Å². The van der Waals surface area contributed by atoms with E-state index < -0.39 is 0 Å². The lowest BCUT2D eigenvalue weighted by atomic mass is 10.1. The van der Waals surface area contributed by atoms with Gasteiger partial charge in [-0.1, -0.05) is 12.1 Å². The van der Waals surface area contributed by atoms with Gasteiger partial charge < -0.3 is 20.1 Å². The van der Waals surface area contributed by atoms with E-state index in [-0.39, 0.29) is 0 Å². The fourth-order valence-corrected chi connectivity index (χ4v) is 3.21. The molecular weight excluding hydrogens is 360 g/mol. The molecule has 0 aliphatic heterocycles. The zero-order valence-electron chi connectivity index (χ0n) is 16.7. The van der Waals surface area contributed by atoms with Gasteiger partial charge >= 0.3 is 0 Å². The van der Waals surface area contributed by atoms with Gasteiger partial charge in [-0.15, -0.1) is 11.3 Å². The molecule has 0 fully saturated rings. The van der Waals surface area contributed by atoms with Crippen molar-refractivity contribution in [2.75, 3.05) is 33.9 Å². The predicted molar refractivity (Wildman–Crippen MR) is 112 cm³/mol. The van der Waals surface area contributed by atoms with Crippen LogP contribution in [0.5, 0.6) is 5.75 Å². The van der Waals surface area contributed by atoms with Gasteiger partial charge in [-0.05, 0) is 25.5 Å². The van der Waals surface area contributed by atoms with Crippen LogP contribution in [0.25, 0.3) is 0 Å². The van der Waals surface area contributed by atoms with E-state index in [0.29, 0.717) is 19.8 Å². The fraction of sp³-hybridized carbons (Fsp3) is 0.500. The number of aryl methyl sites for hydroxylation is 2. The summed E-state index contributed by atoms with van der Waals surface area (Å²) in [6.07, 6.45) is 1.75. The van der Waals surface area contributed by atoms with Gasteiger partial charge in [0.15, 0.2) is 5.96 Å². The van der Waals surface area contributed by atoms with Crippen molar-refractivity contribution in [2.45, 2.75) is 33.2 Å². The van der Waals surface area contributed by atoms with Gasteiger partial charge in [0.2, 0.25) is 0 Å². The third kappa shape index (κ3) is 7.56. The number of methoxy groups -OCH3 is 1. The number of aromatic nitrogens is 1. The number of thiazole rings is 1. The van der Waals surface area contributed by atoms with E-state index in [0.717, 1.165) is 47.4 Å². The lowest BCUT2D eigenvalue weighted by Crippen LogP contribution is -2.38. The standard InChI is InChI=1S/C20H30N4O2S/c1-15-6-7-17(19(12-15)26-11-5-10-25-4)13-23-20(21-3)22-9-8-18-14-27-16(2)24-18/h6-7,12,14H,5,8-11,13H2,1-4H3,(H2,21,22,23). The molecule has 0 aliphatic carbocycles. The Kier molecular flexibility index (Phi) is 9.07. The Bertz CT molecular complexity index is 731. The summed E-state index contributed by atoms with van der Waals surface area (Å²) in [4.78, 5) is 8.77. The second-order valence-electron chi connectivity index (χ2n) is 6.27. The highest BCUT2D eigenvalue weighted by Crippen LogP contribution is 2.20.